The van der Waals surface area contributed by atoms with Gasteiger partial charge in [0.1, 0.15) is 11.5 Å². The van der Waals surface area contributed by atoms with Gasteiger partial charge in [0.25, 0.3) is 5.91 Å². The van der Waals surface area contributed by atoms with Crippen molar-refractivity contribution in [1.29, 1.82) is 0 Å². The van der Waals surface area contributed by atoms with Crippen LogP contribution >= 0.6 is 0 Å². The van der Waals surface area contributed by atoms with Crippen LogP contribution in [0.15, 0.2) is 48.5 Å². The molecule has 2 aromatic rings. The lowest BCUT2D eigenvalue weighted by Crippen LogP contribution is -2.30. The van der Waals surface area contributed by atoms with Gasteiger partial charge >= 0.3 is 0 Å². The molecule has 1 N–H and O–H groups in total. The second-order valence-electron chi connectivity index (χ2n) is 6.63. The van der Waals surface area contributed by atoms with Crippen molar-refractivity contribution in [1.82, 2.24) is 0 Å². The highest BCUT2D eigenvalue weighted by Crippen LogP contribution is 2.27. The first-order chi connectivity index (χ1) is 11.9. The van der Waals surface area contributed by atoms with Crippen LogP contribution in [0.4, 0.5) is 5.69 Å². The van der Waals surface area contributed by atoms with E-state index in [0.717, 1.165) is 17.1 Å². The van der Waals surface area contributed by atoms with Gasteiger partial charge < -0.3 is 14.8 Å². The van der Waals surface area contributed by atoms with E-state index in [-0.39, 0.29) is 12.0 Å². The van der Waals surface area contributed by atoms with Crippen molar-refractivity contribution in [3.8, 4) is 11.5 Å². The second-order valence-corrected chi connectivity index (χ2v) is 6.63. The maximum Gasteiger partial charge on any atom is 0.265 e. The smallest absolute Gasteiger partial charge is 0.265 e. The van der Waals surface area contributed by atoms with Crippen molar-refractivity contribution in [3.05, 3.63) is 54.1 Å². The highest BCUT2D eigenvalue weighted by Gasteiger charge is 2.17. The van der Waals surface area contributed by atoms with Crippen molar-refractivity contribution < 1.29 is 14.3 Å². The Hall–Kier alpha value is -2.49. The molecule has 0 saturated carbocycles. The average Bonchev–Trinajstić information content (AvgIpc) is 2.56. The number of anilines is 1. The Morgan fingerprint density at radius 3 is 2.12 bits per heavy atom. The molecule has 4 heteroatoms. The minimum Gasteiger partial charge on any atom is -0.491 e. The number of benzene rings is 2. The highest BCUT2D eigenvalue weighted by atomic mass is 16.5. The monoisotopic (exact) mass is 341 g/mol. The molecule has 134 valence electrons. The number of carbonyl (C=O) groups is 1. The van der Waals surface area contributed by atoms with Crippen LogP contribution in [0.3, 0.4) is 0 Å². The van der Waals surface area contributed by atoms with Gasteiger partial charge in [-0.1, -0.05) is 32.0 Å². The van der Waals surface area contributed by atoms with E-state index in [1.54, 1.807) is 6.92 Å². The normalized spacial score (nSPS) is 12.1. The van der Waals surface area contributed by atoms with E-state index in [1.807, 2.05) is 62.4 Å². The molecule has 0 heterocycles. The maximum absolute atomic E-state index is 12.4. The van der Waals surface area contributed by atoms with Gasteiger partial charge in [-0.25, -0.2) is 0 Å². The quantitative estimate of drug-likeness (QED) is 0.770. The molecule has 1 atom stereocenters. The van der Waals surface area contributed by atoms with Crippen LogP contribution in [0.25, 0.3) is 0 Å². The summed E-state index contributed by atoms with van der Waals surface area (Å²) in [6, 6.07) is 15.2. The molecular weight excluding hydrogens is 314 g/mol. The van der Waals surface area contributed by atoms with E-state index < -0.39 is 6.10 Å². The van der Waals surface area contributed by atoms with Crippen LogP contribution in [0.1, 0.15) is 46.1 Å². The third kappa shape index (κ3) is 5.52. The Balaban J connectivity index is 1.99. The molecule has 0 aliphatic rings. The van der Waals surface area contributed by atoms with Crippen molar-refractivity contribution in [2.45, 2.75) is 52.7 Å². The van der Waals surface area contributed by atoms with E-state index in [1.165, 1.54) is 0 Å². The van der Waals surface area contributed by atoms with Crippen LogP contribution in [0.2, 0.25) is 0 Å². The van der Waals surface area contributed by atoms with E-state index in [2.05, 4.69) is 19.2 Å². The van der Waals surface area contributed by atoms with Gasteiger partial charge in [0.05, 0.1) is 6.10 Å². The number of nitrogens with one attached hydrogen (secondary N) is 1. The van der Waals surface area contributed by atoms with E-state index >= 15 is 0 Å². The maximum atomic E-state index is 12.4. The average molecular weight is 341 g/mol. The summed E-state index contributed by atoms with van der Waals surface area (Å²) in [6.07, 6.45) is -0.471. The van der Waals surface area contributed by atoms with Crippen molar-refractivity contribution in [2.75, 3.05) is 5.32 Å². The molecule has 25 heavy (non-hydrogen) atoms. The van der Waals surface area contributed by atoms with E-state index in [4.69, 9.17) is 9.47 Å². The molecule has 0 spiro atoms. The van der Waals surface area contributed by atoms with Crippen LogP contribution in [-0.4, -0.2) is 18.1 Å². The summed E-state index contributed by atoms with van der Waals surface area (Å²) in [7, 11) is 0. The summed E-state index contributed by atoms with van der Waals surface area (Å²) in [5.74, 6) is 1.68. The molecule has 0 saturated heterocycles. The fourth-order valence-corrected chi connectivity index (χ4v) is 2.44. The summed E-state index contributed by atoms with van der Waals surface area (Å²) >= 11 is 0. The second kappa shape index (κ2) is 8.56. The first-order valence-corrected chi connectivity index (χ1v) is 8.70. The summed E-state index contributed by atoms with van der Waals surface area (Å²) < 4.78 is 11.5. The molecule has 0 unspecified atom stereocenters. The lowest BCUT2D eigenvalue weighted by Gasteiger charge is -2.19. The highest BCUT2D eigenvalue weighted by molar-refractivity contribution is 5.94. The number of para-hydroxylation sites is 1. The molecule has 4 nitrogen and oxygen atoms in total. The Labute approximate surface area is 150 Å². The van der Waals surface area contributed by atoms with Crippen molar-refractivity contribution in [3.63, 3.8) is 0 Å². The lowest BCUT2D eigenvalue weighted by molar-refractivity contribution is -0.122. The number of hydrogen-bond acceptors (Lipinski definition) is 3. The number of hydrogen-bond donors (Lipinski definition) is 1. The number of amides is 1. The Bertz CT molecular complexity index is 693. The fraction of sp³-hybridized carbons (Fsp3) is 0.381. The summed E-state index contributed by atoms with van der Waals surface area (Å²) in [4.78, 5) is 12.4. The SMILES string of the molecule is CC(C)Oc1ccc(NC(=O)[C@H](C)Oc2ccccc2C(C)C)cc1. The van der Waals surface area contributed by atoms with Crippen LogP contribution in [0, 0.1) is 0 Å². The third-order valence-corrected chi connectivity index (χ3v) is 3.71. The van der Waals surface area contributed by atoms with Gasteiger partial charge in [-0.05, 0) is 62.6 Å². The molecule has 0 aliphatic carbocycles. The Kier molecular flexibility index (Phi) is 6.45. The van der Waals surface area contributed by atoms with Gasteiger partial charge in [0.15, 0.2) is 6.10 Å². The molecule has 0 radical (unpaired) electrons. The first-order valence-electron chi connectivity index (χ1n) is 8.70. The summed E-state index contributed by atoms with van der Waals surface area (Å²) in [6.45, 7) is 9.91. The molecular formula is C21H27NO3. The minimum atomic E-state index is -0.591. The van der Waals surface area contributed by atoms with Gasteiger partial charge in [-0.2, -0.15) is 0 Å². The topological polar surface area (TPSA) is 47.6 Å². The molecule has 0 fully saturated rings. The van der Waals surface area contributed by atoms with Gasteiger partial charge in [0, 0.05) is 5.69 Å². The zero-order chi connectivity index (χ0) is 18.4. The zero-order valence-corrected chi connectivity index (χ0v) is 15.6. The molecule has 2 aromatic carbocycles. The molecule has 0 aromatic heterocycles. The summed E-state index contributed by atoms with van der Waals surface area (Å²) in [5, 5.41) is 2.87. The molecule has 2 rings (SSSR count). The van der Waals surface area contributed by atoms with Crippen molar-refractivity contribution in [2.24, 2.45) is 0 Å². The largest absolute Gasteiger partial charge is 0.491 e. The predicted molar refractivity (Wildman–Crippen MR) is 101 cm³/mol. The van der Waals surface area contributed by atoms with Gasteiger partial charge in [0.2, 0.25) is 0 Å². The molecule has 1 amide bonds. The van der Waals surface area contributed by atoms with Gasteiger partial charge in [-0.3, -0.25) is 4.79 Å². The van der Waals surface area contributed by atoms with E-state index in [9.17, 15) is 4.79 Å². The zero-order valence-electron chi connectivity index (χ0n) is 15.6. The fourth-order valence-electron chi connectivity index (χ4n) is 2.44. The minimum absolute atomic E-state index is 0.120. The summed E-state index contributed by atoms with van der Waals surface area (Å²) in [5.41, 5.74) is 1.81. The van der Waals surface area contributed by atoms with Crippen LogP contribution in [-0.2, 0) is 4.79 Å². The van der Waals surface area contributed by atoms with Gasteiger partial charge in [-0.15, -0.1) is 0 Å². The van der Waals surface area contributed by atoms with Crippen LogP contribution in [0.5, 0.6) is 11.5 Å². The lowest BCUT2D eigenvalue weighted by atomic mass is 10.0. The van der Waals surface area contributed by atoms with E-state index in [0.29, 0.717) is 11.6 Å². The number of rotatable bonds is 7. The third-order valence-electron chi connectivity index (χ3n) is 3.71. The Morgan fingerprint density at radius 1 is 0.880 bits per heavy atom. The van der Waals surface area contributed by atoms with Crippen molar-refractivity contribution >= 4 is 11.6 Å². The number of carbonyl (C=O) groups excluding carboxylic acids is 1. The standard InChI is InChI=1S/C21H27NO3/c1-14(2)19-8-6-7-9-20(19)25-16(5)21(23)22-17-10-12-18(13-11-17)24-15(3)4/h6-16H,1-5H3,(H,22,23)/t16-/m0/s1. The first kappa shape index (κ1) is 18.8. The predicted octanol–water partition coefficient (Wildman–Crippen LogP) is 5.00. The Morgan fingerprint density at radius 2 is 1.52 bits per heavy atom. The molecule has 0 bridgehead atoms. The number of ether oxygens (including phenoxy) is 2. The van der Waals surface area contributed by atoms with Crippen LogP contribution < -0.4 is 14.8 Å². The molecule has 0 aliphatic heterocycles.